The van der Waals surface area contributed by atoms with Crippen molar-refractivity contribution in [2.75, 3.05) is 92.0 Å². The molecule has 4 aliphatic rings. The Labute approximate surface area is 854 Å². The number of hydrogen-bond acceptors (Lipinski definition) is 39. The van der Waals surface area contributed by atoms with E-state index in [2.05, 4.69) is 53.2 Å². The number of esters is 9. The van der Waals surface area contributed by atoms with Crippen LogP contribution in [0.4, 0.5) is 0 Å². The SMILES string of the molecule is CC(=O)NC1C(OCCCCC(=O)NCCCCC(=O)NCCN(CCNC(=O)CCCCNC(=O)CCCCOC2OC(COC(C)=O)C(OC(C)=O)C(OC(C)=O)C2NC(C)=O)C(=O)CC[C@H](NC(=O)CCCCNC(=O)CCCCOC2OC(COC(C)=O)C(OC(C)=O)C(OC(C)=O)C2NC(C)=O)C(=O)NCCCCCCCCCCC(=O)ON2C(=O)CCC2=O)OC(COC(C)=O)C(OC(C)=O)C1OC(C)=O. The van der Waals surface area contributed by atoms with Gasteiger partial charge >= 0.3 is 59.7 Å². The van der Waals surface area contributed by atoms with Gasteiger partial charge in [0, 0.05) is 219 Å². The van der Waals surface area contributed by atoms with E-state index in [-0.39, 0.29) is 185 Å². The van der Waals surface area contributed by atoms with E-state index in [0.717, 1.165) is 94.4 Å². The predicted octanol–water partition coefficient (Wildman–Crippen LogP) is 0.935. The number of hydroxylamine groups is 2. The molecule has 4 rings (SSSR count). The molecule has 0 aliphatic carbocycles. The molecule has 10 N–H and O–H groups in total. The lowest BCUT2D eigenvalue weighted by atomic mass is 9.96. The Kier molecular flexibility index (Phi) is 61.7. The summed E-state index contributed by atoms with van der Waals surface area (Å²) in [6, 6.07) is -4.79. The van der Waals surface area contributed by atoms with Crippen LogP contribution in [-0.2, 0) is 186 Å². The minimum atomic E-state index is -1.33. The largest absolute Gasteiger partial charge is 0.463 e. The van der Waals surface area contributed by atoms with Gasteiger partial charge in [-0.05, 0) is 96.3 Å². The molecule has 0 spiro atoms. The lowest BCUT2D eigenvalue weighted by molar-refractivity contribution is -0.277. The maximum Gasteiger partial charge on any atom is 0.333 e. The van der Waals surface area contributed by atoms with E-state index >= 15 is 0 Å². The fourth-order valence-corrected chi connectivity index (χ4v) is 16.0. The van der Waals surface area contributed by atoms with Crippen LogP contribution in [0.15, 0.2) is 0 Å². The zero-order valence-corrected chi connectivity index (χ0v) is 86.4. The third-order valence-corrected chi connectivity index (χ3v) is 22.8. The number of carbonyl (C=O) groups excluding carboxylic acids is 23. The summed E-state index contributed by atoms with van der Waals surface area (Å²) in [4.78, 5) is 296. The minimum absolute atomic E-state index is 0.0108. The van der Waals surface area contributed by atoms with E-state index in [1.165, 1.54) is 25.7 Å². The van der Waals surface area contributed by atoms with Crippen LogP contribution in [0.1, 0.15) is 282 Å². The fourth-order valence-electron chi connectivity index (χ4n) is 16.0. The predicted molar refractivity (Wildman–Crippen MR) is 508 cm³/mol. The topological polar surface area (TPSA) is 667 Å². The Morgan fingerprint density at radius 1 is 0.313 bits per heavy atom. The second-order valence-corrected chi connectivity index (χ2v) is 35.7. The van der Waals surface area contributed by atoms with Crippen molar-refractivity contribution in [3.8, 4) is 0 Å². The Morgan fingerprint density at radius 3 is 0.898 bits per heavy atom. The number of unbranched alkanes of at least 4 members (excludes halogenated alkanes) is 13. The van der Waals surface area contributed by atoms with Gasteiger partial charge in [0.05, 0.1) is 0 Å². The monoisotopic (exact) mass is 2100 g/mol. The summed E-state index contributed by atoms with van der Waals surface area (Å²) < 4.78 is 84.3. The molecule has 16 atom stereocenters. The van der Waals surface area contributed by atoms with Crippen molar-refractivity contribution in [2.45, 2.75) is 380 Å². The number of nitrogens with zero attached hydrogens (tertiary/aromatic N) is 2. The first-order valence-corrected chi connectivity index (χ1v) is 50.2. The van der Waals surface area contributed by atoms with Gasteiger partial charge in [0.1, 0.15) is 62.3 Å². The lowest BCUT2D eigenvalue weighted by Gasteiger charge is -2.44. The number of imide groups is 1. The van der Waals surface area contributed by atoms with Crippen molar-refractivity contribution in [3.05, 3.63) is 0 Å². The van der Waals surface area contributed by atoms with Gasteiger partial charge in [-0.3, -0.25) is 105 Å². The number of ether oxygens (including phenoxy) is 15. The molecule has 0 saturated carbocycles. The average Bonchev–Trinajstić information content (AvgIpc) is 1.63. The quantitative estimate of drug-likeness (QED) is 0.0175. The maximum atomic E-state index is 14.5. The van der Waals surface area contributed by atoms with Crippen LogP contribution in [-0.4, -0.2) is 336 Å². The van der Waals surface area contributed by atoms with Gasteiger partial charge < -0.3 is 134 Å². The summed E-state index contributed by atoms with van der Waals surface area (Å²) in [6.07, 6.45) is -6.08. The molecular weight excluding hydrogens is 1950 g/mol. The molecule has 51 nitrogen and oxygen atoms in total. The molecule has 4 fully saturated rings. The highest BCUT2D eigenvalue weighted by atomic mass is 16.7. The van der Waals surface area contributed by atoms with E-state index in [1.54, 1.807) is 0 Å². The van der Waals surface area contributed by atoms with Crippen LogP contribution in [0.3, 0.4) is 0 Å². The summed E-state index contributed by atoms with van der Waals surface area (Å²) >= 11 is 0. The van der Waals surface area contributed by atoms with Crippen LogP contribution in [0.5, 0.6) is 0 Å². The highest BCUT2D eigenvalue weighted by Crippen LogP contribution is 2.33. The first-order valence-electron chi connectivity index (χ1n) is 50.2. The Balaban J connectivity index is 1.39. The van der Waals surface area contributed by atoms with Gasteiger partial charge in [-0.1, -0.05) is 38.5 Å². The highest BCUT2D eigenvalue weighted by Gasteiger charge is 2.55. The van der Waals surface area contributed by atoms with Gasteiger partial charge in [-0.25, -0.2) is 4.79 Å². The zero-order valence-electron chi connectivity index (χ0n) is 86.4. The molecule has 0 bridgehead atoms. The van der Waals surface area contributed by atoms with Crippen molar-refractivity contribution in [2.24, 2.45) is 0 Å². The van der Waals surface area contributed by atoms with Crippen LogP contribution >= 0.6 is 0 Å². The molecule has 0 radical (unpaired) electrons. The van der Waals surface area contributed by atoms with E-state index < -0.39 is 225 Å². The normalized spacial score (nSPS) is 21.0. The van der Waals surface area contributed by atoms with Crippen molar-refractivity contribution in [1.29, 1.82) is 0 Å². The molecule has 13 amide bonds. The third kappa shape index (κ3) is 54.3. The fraction of sp³-hybridized carbons (Fsp3) is 0.760. The summed E-state index contributed by atoms with van der Waals surface area (Å²) in [5.74, 6) is -13.5. The van der Waals surface area contributed by atoms with E-state index in [4.69, 9.17) is 75.9 Å². The Hall–Kier alpha value is -12.2. The van der Waals surface area contributed by atoms with Crippen molar-refractivity contribution in [3.63, 3.8) is 0 Å². The zero-order chi connectivity index (χ0) is 109. The lowest BCUT2D eigenvalue weighted by Crippen LogP contribution is -2.66. The molecule has 147 heavy (non-hydrogen) atoms. The van der Waals surface area contributed by atoms with E-state index in [1.807, 2.05) is 0 Å². The second kappa shape index (κ2) is 71.4. The summed E-state index contributed by atoms with van der Waals surface area (Å²) in [5.41, 5.74) is 0. The first-order chi connectivity index (χ1) is 69.9. The van der Waals surface area contributed by atoms with Crippen LogP contribution in [0.2, 0.25) is 0 Å². The number of rotatable bonds is 71. The molecular formula is C96H152N12O39. The van der Waals surface area contributed by atoms with Gasteiger partial charge in [0.15, 0.2) is 55.5 Å². The van der Waals surface area contributed by atoms with Crippen molar-refractivity contribution >= 4 is 136 Å². The summed E-state index contributed by atoms with van der Waals surface area (Å²) in [7, 11) is 0. The van der Waals surface area contributed by atoms with E-state index in [0.29, 0.717) is 88.5 Å². The second-order valence-electron chi connectivity index (χ2n) is 35.7. The summed E-state index contributed by atoms with van der Waals surface area (Å²) in [5, 5.41) is 28.1. The molecule has 4 aliphatic heterocycles. The van der Waals surface area contributed by atoms with Crippen LogP contribution in [0.25, 0.3) is 0 Å². The third-order valence-electron chi connectivity index (χ3n) is 22.8. The highest BCUT2D eigenvalue weighted by molar-refractivity contribution is 6.01. The van der Waals surface area contributed by atoms with Crippen molar-refractivity contribution in [1.82, 2.24) is 63.1 Å². The molecule has 0 aromatic heterocycles. The number of amides is 13. The Morgan fingerprint density at radius 2 is 0.585 bits per heavy atom. The van der Waals surface area contributed by atoms with Gasteiger partial charge in [-0.2, -0.15) is 0 Å². The maximum absolute atomic E-state index is 14.5. The van der Waals surface area contributed by atoms with Crippen LogP contribution < -0.4 is 53.2 Å². The van der Waals surface area contributed by atoms with Gasteiger partial charge in [-0.15, -0.1) is 5.06 Å². The van der Waals surface area contributed by atoms with E-state index in [9.17, 15) is 110 Å². The molecule has 51 heteroatoms. The van der Waals surface area contributed by atoms with Crippen molar-refractivity contribution < 1.29 is 186 Å². The average molecular weight is 2100 g/mol. The summed E-state index contributed by atoms with van der Waals surface area (Å²) in [6.45, 7) is 12.9. The van der Waals surface area contributed by atoms with Crippen LogP contribution in [0, 0.1) is 0 Å². The molecule has 4 heterocycles. The van der Waals surface area contributed by atoms with Gasteiger partial charge in [0.2, 0.25) is 65.0 Å². The number of hydrogen-bond donors (Lipinski definition) is 10. The minimum Gasteiger partial charge on any atom is -0.463 e. The molecule has 0 aromatic rings. The number of carbonyl (C=O) groups is 23. The molecule has 830 valence electrons. The molecule has 15 unspecified atom stereocenters. The first kappa shape index (κ1) is 127. The van der Waals surface area contributed by atoms with Gasteiger partial charge in [0.25, 0.3) is 11.8 Å². The number of nitrogens with one attached hydrogen (secondary N) is 10. The smallest absolute Gasteiger partial charge is 0.333 e. The Bertz CT molecular complexity index is 4160. The molecule has 0 aromatic carbocycles. The standard InChI is InChI=1S/C96H152N12O39/c1-58(109)103-84-90(141-67(10)118)87(138-64(7)115)71(55-135-61(4)112)144-94(84)132-52-30-23-35-74(121)97-44-27-20-33-77(124)100-48-50-107(51-49-101-78(125)34-21-28-45-98-75(122)36-24-31-53-133-95-85(104-59(2)110)91(142-68(11)119)88(139-65(8)116)72(145-95)56-136-62(5)113)80(127)41-40-70(93(131)102-47-26-18-16-14-13-15-17-19-39-83(130)147-108-81(128)42-43-82(108)129)106-79(126)38-22-29-46-99-76(123)37-25-32-54-134-96-86(105-60(3)111)92(143-69(12)120)89(140-66(9)117)73(146-96)57-137-63(6)114/h70-73,84-92,94-96H,13-57H2,1-12H3,(H,97,121)(H,98,122)(H,99,123)(H,100,124)(H,101,125)(H,102,131)(H,103,109)(H,104,110)(H,105,111)(H,106,126)/t70-,71?,72?,73?,84?,85?,86?,87?,88?,89?,90?,91?,92?,94?,95?,96?/m0/s1. The molecule has 4 saturated heterocycles.